The molecule has 3 atom stereocenters. The number of likely N-dealkylation sites (N-methyl/N-ethyl adjacent to an activating group) is 1. The highest BCUT2D eigenvalue weighted by Crippen LogP contribution is 2.24. The van der Waals surface area contributed by atoms with Crippen LogP contribution in [0.3, 0.4) is 0 Å². The van der Waals surface area contributed by atoms with Gasteiger partial charge in [0, 0.05) is 19.2 Å². The molecule has 0 bridgehead atoms. The maximum Gasteiger partial charge on any atom is 0.117 e. The molecule has 1 saturated heterocycles. The lowest BCUT2D eigenvalue weighted by atomic mass is 10.2. The van der Waals surface area contributed by atoms with Crippen LogP contribution in [0.5, 0.6) is 0 Å². The van der Waals surface area contributed by atoms with Gasteiger partial charge in [-0.3, -0.25) is 4.90 Å². The van der Waals surface area contributed by atoms with Gasteiger partial charge in [0.2, 0.25) is 0 Å². The summed E-state index contributed by atoms with van der Waals surface area (Å²) in [4.78, 5) is 2.05. The van der Waals surface area contributed by atoms with Gasteiger partial charge in [0.05, 0.1) is 6.61 Å². The number of rotatable bonds is 2. The van der Waals surface area contributed by atoms with Crippen molar-refractivity contribution in [1.29, 1.82) is 0 Å². The Morgan fingerprint density at radius 3 is 2.64 bits per heavy atom. The van der Waals surface area contributed by atoms with Crippen LogP contribution in [0.4, 0.5) is 4.39 Å². The zero-order chi connectivity index (χ0) is 8.43. The zero-order valence-corrected chi connectivity index (χ0v) is 7.38. The zero-order valence-electron chi connectivity index (χ0n) is 7.38. The first-order chi connectivity index (χ1) is 5.16. The third-order valence-corrected chi connectivity index (χ3v) is 2.60. The quantitative estimate of drug-likeness (QED) is 0.600. The predicted octanol–water partition coefficient (Wildman–Crippen LogP) is 1.06. The normalized spacial score (nSPS) is 39.8. The van der Waals surface area contributed by atoms with Crippen molar-refractivity contribution in [3.05, 3.63) is 0 Å². The second-order valence-corrected chi connectivity index (χ2v) is 3.27. The summed E-state index contributed by atoms with van der Waals surface area (Å²) < 4.78 is 18.0. The van der Waals surface area contributed by atoms with Gasteiger partial charge in [0.1, 0.15) is 6.17 Å². The summed E-state index contributed by atoms with van der Waals surface area (Å²) in [5.74, 6) is 0. The molecule has 2 nitrogen and oxygen atoms in total. The van der Waals surface area contributed by atoms with Crippen LogP contribution >= 0.6 is 0 Å². The van der Waals surface area contributed by atoms with E-state index in [2.05, 4.69) is 0 Å². The molecule has 3 heteroatoms. The molecule has 0 amide bonds. The summed E-state index contributed by atoms with van der Waals surface area (Å²) in [5.41, 5.74) is 0. The molecule has 1 fully saturated rings. The van der Waals surface area contributed by atoms with Gasteiger partial charge in [-0.05, 0) is 20.4 Å². The van der Waals surface area contributed by atoms with Gasteiger partial charge in [-0.15, -0.1) is 0 Å². The van der Waals surface area contributed by atoms with Gasteiger partial charge in [-0.2, -0.15) is 0 Å². The highest BCUT2D eigenvalue weighted by atomic mass is 19.1. The van der Waals surface area contributed by atoms with Crippen LogP contribution in [0.25, 0.3) is 0 Å². The smallest absolute Gasteiger partial charge is 0.117 e. The molecule has 66 valence electrons. The van der Waals surface area contributed by atoms with Crippen LogP contribution < -0.4 is 0 Å². The van der Waals surface area contributed by atoms with E-state index in [0.29, 0.717) is 13.0 Å². The van der Waals surface area contributed by atoms with Crippen molar-refractivity contribution in [2.45, 2.75) is 31.6 Å². The average molecular weight is 161 g/mol. The monoisotopic (exact) mass is 161 g/mol. The number of methoxy groups -OCH3 is 1. The van der Waals surface area contributed by atoms with Gasteiger partial charge in [0.15, 0.2) is 0 Å². The van der Waals surface area contributed by atoms with E-state index in [4.69, 9.17) is 4.74 Å². The second-order valence-electron chi connectivity index (χ2n) is 3.27. The average Bonchev–Trinajstić information content (AvgIpc) is 2.19. The first-order valence-corrected chi connectivity index (χ1v) is 4.01. The van der Waals surface area contributed by atoms with Crippen LogP contribution in [-0.2, 0) is 4.74 Å². The molecule has 11 heavy (non-hydrogen) atoms. The fourth-order valence-electron chi connectivity index (χ4n) is 1.59. The SMILES string of the molecule is COCC1CC(F)C(C)N1C. The van der Waals surface area contributed by atoms with E-state index in [9.17, 15) is 4.39 Å². The molecule has 0 spiro atoms. The van der Waals surface area contributed by atoms with E-state index in [1.165, 1.54) is 0 Å². The van der Waals surface area contributed by atoms with E-state index in [1.54, 1.807) is 7.11 Å². The minimum Gasteiger partial charge on any atom is -0.383 e. The maximum atomic E-state index is 13.0. The van der Waals surface area contributed by atoms with Gasteiger partial charge in [-0.1, -0.05) is 0 Å². The summed E-state index contributed by atoms with van der Waals surface area (Å²) in [5, 5.41) is 0. The molecule has 0 saturated carbocycles. The van der Waals surface area contributed by atoms with Gasteiger partial charge >= 0.3 is 0 Å². The Hall–Kier alpha value is -0.150. The Morgan fingerprint density at radius 2 is 2.27 bits per heavy atom. The Bertz CT molecular complexity index is 131. The van der Waals surface area contributed by atoms with Crippen molar-refractivity contribution in [2.24, 2.45) is 0 Å². The number of likely N-dealkylation sites (tertiary alicyclic amines) is 1. The largest absolute Gasteiger partial charge is 0.383 e. The van der Waals surface area contributed by atoms with Crippen LogP contribution in [0.15, 0.2) is 0 Å². The molecular weight excluding hydrogens is 145 g/mol. The fraction of sp³-hybridized carbons (Fsp3) is 1.00. The van der Waals surface area contributed by atoms with E-state index < -0.39 is 6.17 Å². The molecule has 1 rings (SSSR count). The van der Waals surface area contributed by atoms with E-state index >= 15 is 0 Å². The first-order valence-electron chi connectivity index (χ1n) is 4.01. The fourth-order valence-corrected chi connectivity index (χ4v) is 1.59. The number of hydrogen-bond donors (Lipinski definition) is 0. The molecule has 1 heterocycles. The number of alkyl halides is 1. The summed E-state index contributed by atoms with van der Waals surface area (Å²) in [6.45, 7) is 2.56. The Balaban J connectivity index is 2.45. The van der Waals surface area contributed by atoms with Crippen molar-refractivity contribution in [3.8, 4) is 0 Å². The lowest BCUT2D eigenvalue weighted by Crippen LogP contribution is -2.34. The summed E-state index contributed by atoms with van der Waals surface area (Å²) in [6.07, 6.45) is -0.0638. The van der Waals surface area contributed by atoms with Crippen molar-refractivity contribution in [2.75, 3.05) is 20.8 Å². The molecule has 0 aromatic carbocycles. The third-order valence-electron chi connectivity index (χ3n) is 2.60. The molecule has 0 radical (unpaired) electrons. The van der Waals surface area contributed by atoms with Crippen LogP contribution in [-0.4, -0.2) is 43.9 Å². The van der Waals surface area contributed by atoms with Crippen molar-refractivity contribution >= 4 is 0 Å². The number of hydrogen-bond acceptors (Lipinski definition) is 2. The van der Waals surface area contributed by atoms with Gasteiger partial charge < -0.3 is 4.74 Å². The molecule has 1 aliphatic heterocycles. The number of nitrogens with zero attached hydrogens (tertiary/aromatic N) is 1. The topological polar surface area (TPSA) is 12.5 Å². The van der Waals surface area contributed by atoms with E-state index in [1.807, 2.05) is 18.9 Å². The van der Waals surface area contributed by atoms with Crippen LogP contribution in [0.1, 0.15) is 13.3 Å². The summed E-state index contributed by atoms with van der Waals surface area (Å²) >= 11 is 0. The maximum absolute atomic E-state index is 13.0. The Labute approximate surface area is 67.3 Å². The van der Waals surface area contributed by atoms with Gasteiger partial charge in [0.25, 0.3) is 0 Å². The minimum atomic E-state index is -0.680. The number of halogens is 1. The first kappa shape index (κ1) is 8.94. The van der Waals surface area contributed by atoms with Crippen molar-refractivity contribution < 1.29 is 9.13 Å². The minimum absolute atomic E-state index is 0.0511. The molecule has 0 aromatic rings. The molecule has 0 N–H and O–H groups in total. The summed E-state index contributed by atoms with van der Waals surface area (Å²) in [6, 6.07) is 0.320. The predicted molar refractivity (Wildman–Crippen MR) is 42.4 cm³/mol. The van der Waals surface area contributed by atoms with Crippen molar-refractivity contribution in [1.82, 2.24) is 4.90 Å². The molecule has 3 unspecified atom stereocenters. The van der Waals surface area contributed by atoms with E-state index in [0.717, 1.165) is 0 Å². The second kappa shape index (κ2) is 3.50. The third kappa shape index (κ3) is 1.71. The lowest BCUT2D eigenvalue weighted by molar-refractivity contribution is 0.116. The number of ether oxygens (including phenoxy) is 1. The molecule has 1 aliphatic rings. The van der Waals surface area contributed by atoms with Crippen LogP contribution in [0, 0.1) is 0 Å². The highest BCUT2D eigenvalue weighted by molar-refractivity contribution is 4.89. The van der Waals surface area contributed by atoms with E-state index in [-0.39, 0.29) is 12.1 Å². The lowest BCUT2D eigenvalue weighted by Gasteiger charge is -2.21. The Morgan fingerprint density at radius 1 is 1.64 bits per heavy atom. The molecular formula is C8H16FNO. The summed E-state index contributed by atoms with van der Waals surface area (Å²) in [7, 11) is 3.61. The van der Waals surface area contributed by atoms with Crippen LogP contribution in [0.2, 0.25) is 0 Å². The highest BCUT2D eigenvalue weighted by Gasteiger charge is 2.35. The molecule has 0 aromatic heterocycles. The Kier molecular flexibility index (Phi) is 2.84. The standard InChI is InChI=1S/C8H16FNO/c1-6-8(9)4-7(5-11-3)10(6)2/h6-8H,4-5H2,1-3H3. The van der Waals surface area contributed by atoms with Crippen molar-refractivity contribution in [3.63, 3.8) is 0 Å². The molecule has 0 aliphatic carbocycles. The van der Waals surface area contributed by atoms with Gasteiger partial charge in [-0.25, -0.2) is 4.39 Å².